The molecule has 2 N–H and O–H groups in total. The minimum absolute atomic E-state index is 0.00888. The Morgan fingerprint density at radius 1 is 1.25 bits per heavy atom. The van der Waals surface area contributed by atoms with E-state index in [0.717, 1.165) is 11.4 Å². The smallest absolute Gasteiger partial charge is 0.191 e. The summed E-state index contributed by atoms with van der Waals surface area (Å²) >= 11 is 1.66. The molecule has 1 aromatic heterocycles. The fourth-order valence-corrected chi connectivity index (χ4v) is 4.00. The van der Waals surface area contributed by atoms with Crippen molar-refractivity contribution in [3.63, 3.8) is 0 Å². The van der Waals surface area contributed by atoms with Gasteiger partial charge in [0.05, 0.1) is 17.2 Å². The van der Waals surface area contributed by atoms with Crippen LogP contribution in [0.15, 0.2) is 46.4 Å². The van der Waals surface area contributed by atoms with Crippen LogP contribution in [-0.2, 0) is 22.8 Å². The fraction of sp³-hybridized carbons (Fsp3) is 0.375. The third-order valence-corrected chi connectivity index (χ3v) is 6.22. The number of hydrogen-bond donors (Lipinski definition) is 2. The average Bonchev–Trinajstić information content (AvgIpc) is 3.06. The molecule has 6 nitrogen and oxygen atoms in total. The number of aromatic nitrogens is 1. The largest absolute Gasteiger partial charge is 0.355 e. The molecule has 0 unspecified atom stereocenters. The molecule has 0 aliphatic rings. The van der Waals surface area contributed by atoms with Crippen molar-refractivity contribution in [1.82, 2.24) is 15.6 Å². The summed E-state index contributed by atoms with van der Waals surface area (Å²) < 4.78 is 24.4. The van der Waals surface area contributed by atoms with E-state index in [0.29, 0.717) is 17.4 Å². The Balaban J connectivity index is 1.81. The molecule has 2 rings (SSSR count). The molecular weight excluding hydrogens is 344 g/mol. The molecule has 0 saturated carbocycles. The summed E-state index contributed by atoms with van der Waals surface area (Å²) in [5, 5.41) is 7.14. The molecule has 2 aromatic rings. The summed E-state index contributed by atoms with van der Waals surface area (Å²) in [7, 11) is -1.63. The van der Waals surface area contributed by atoms with Crippen LogP contribution in [-0.4, -0.2) is 38.7 Å². The van der Waals surface area contributed by atoms with Crippen LogP contribution in [0.3, 0.4) is 0 Å². The summed E-state index contributed by atoms with van der Waals surface area (Å²) in [4.78, 5) is 10.0. The first-order valence-electron chi connectivity index (χ1n) is 7.71. The van der Waals surface area contributed by atoms with Crippen LogP contribution in [0.1, 0.15) is 16.8 Å². The monoisotopic (exact) mass is 366 g/mol. The first-order chi connectivity index (χ1) is 11.5. The highest BCUT2D eigenvalue weighted by atomic mass is 32.2. The van der Waals surface area contributed by atoms with Crippen molar-refractivity contribution >= 4 is 27.1 Å². The maximum Gasteiger partial charge on any atom is 0.191 e. The van der Waals surface area contributed by atoms with Gasteiger partial charge in [-0.25, -0.2) is 13.4 Å². The van der Waals surface area contributed by atoms with Crippen LogP contribution in [0.2, 0.25) is 0 Å². The molecule has 130 valence electrons. The van der Waals surface area contributed by atoms with Crippen LogP contribution in [0.5, 0.6) is 0 Å². The van der Waals surface area contributed by atoms with E-state index >= 15 is 0 Å². The second kappa shape index (κ2) is 8.79. The van der Waals surface area contributed by atoms with E-state index in [4.69, 9.17) is 0 Å². The van der Waals surface area contributed by atoms with Crippen LogP contribution in [0.25, 0.3) is 0 Å². The van der Waals surface area contributed by atoms with Gasteiger partial charge in [-0.1, -0.05) is 25.1 Å². The Kier molecular flexibility index (Phi) is 6.74. The fourth-order valence-electron chi connectivity index (χ4n) is 2.02. The van der Waals surface area contributed by atoms with Crippen molar-refractivity contribution in [3.05, 3.63) is 46.4 Å². The number of thiazole rings is 1. The summed E-state index contributed by atoms with van der Waals surface area (Å²) in [6.45, 7) is 2.95. The predicted octanol–water partition coefficient (Wildman–Crippen LogP) is 1.84. The number of hydrogen-bond acceptors (Lipinski definition) is 5. The Morgan fingerprint density at radius 3 is 2.62 bits per heavy atom. The van der Waals surface area contributed by atoms with Gasteiger partial charge in [0.2, 0.25) is 0 Å². The van der Waals surface area contributed by atoms with Crippen molar-refractivity contribution in [2.75, 3.05) is 19.3 Å². The van der Waals surface area contributed by atoms with Gasteiger partial charge in [0.15, 0.2) is 15.8 Å². The van der Waals surface area contributed by atoms with E-state index in [9.17, 15) is 8.42 Å². The van der Waals surface area contributed by atoms with Crippen molar-refractivity contribution in [2.24, 2.45) is 4.99 Å². The summed E-state index contributed by atoms with van der Waals surface area (Å²) in [5.74, 6) is 0.570. The van der Waals surface area contributed by atoms with Gasteiger partial charge in [0.1, 0.15) is 5.01 Å². The normalized spacial score (nSPS) is 12.2. The molecule has 8 heteroatoms. The van der Waals surface area contributed by atoms with Gasteiger partial charge < -0.3 is 10.6 Å². The number of aryl methyl sites for hydroxylation is 1. The molecule has 0 bridgehead atoms. The third-order valence-electron chi connectivity index (χ3n) is 3.35. The van der Waals surface area contributed by atoms with E-state index in [1.165, 1.54) is 4.88 Å². The zero-order valence-corrected chi connectivity index (χ0v) is 15.5. The number of nitrogens with zero attached hydrogens (tertiary/aromatic N) is 2. The molecule has 0 fully saturated rings. The number of guanidine groups is 1. The van der Waals surface area contributed by atoms with Gasteiger partial charge in [-0.2, -0.15) is 0 Å². The second-order valence-electron chi connectivity index (χ2n) is 5.06. The molecule has 0 spiro atoms. The summed E-state index contributed by atoms with van der Waals surface area (Å²) in [6, 6.07) is 8.46. The minimum atomic E-state index is -3.29. The van der Waals surface area contributed by atoms with E-state index in [-0.39, 0.29) is 12.3 Å². The van der Waals surface area contributed by atoms with Gasteiger partial charge >= 0.3 is 0 Å². The molecule has 1 aromatic carbocycles. The van der Waals surface area contributed by atoms with Crippen molar-refractivity contribution in [3.8, 4) is 0 Å². The Hall–Kier alpha value is -1.93. The third kappa shape index (κ3) is 5.31. The van der Waals surface area contributed by atoms with E-state index in [1.54, 1.807) is 48.7 Å². The zero-order chi connectivity index (χ0) is 17.4. The lowest BCUT2D eigenvalue weighted by Crippen LogP contribution is -2.39. The first-order valence-corrected chi connectivity index (χ1v) is 10.2. The SMILES string of the molecule is CCc1cnc(CNC(=NC)NCCS(=O)(=O)c2ccccc2)s1. The van der Waals surface area contributed by atoms with Crippen molar-refractivity contribution in [1.29, 1.82) is 0 Å². The number of sulfone groups is 1. The van der Waals surface area contributed by atoms with Crippen LogP contribution >= 0.6 is 11.3 Å². The molecule has 0 atom stereocenters. The number of benzene rings is 1. The van der Waals surface area contributed by atoms with Crippen molar-refractivity contribution < 1.29 is 8.42 Å². The van der Waals surface area contributed by atoms with E-state index < -0.39 is 9.84 Å². The highest BCUT2D eigenvalue weighted by molar-refractivity contribution is 7.91. The molecule has 0 amide bonds. The van der Waals surface area contributed by atoms with E-state index in [2.05, 4.69) is 27.5 Å². The molecule has 24 heavy (non-hydrogen) atoms. The second-order valence-corrected chi connectivity index (χ2v) is 8.37. The highest BCUT2D eigenvalue weighted by Crippen LogP contribution is 2.12. The zero-order valence-electron chi connectivity index (χ0n) is 13.8. The maximum absolute atomic E-state index is 12.2. The Morgan fingerprint density at radius 2 is 2.00 bits per heavy atom. The Labute approximate surface area is 147 Å². The van der Waals surface area contributed by atoms with Gasteiger partial charge in [-0.3, -0.25) is 4.99 Å². The summed E-state index contributed by atoms with van der Waals surface area (Å²) in [6.07, 6.45) is 2.85. The minimum Gasteiger partial charge on any atom is -0.355 e. The molecule has 1 heterocycles. The quantitative estimate of drug-likeness (QED) is 0.577. The van der Waals surface area contributed by atoms with Gasteiger partial charge in [0, 0.05) is 24.7 Å². The lowest BCUT2D eigenvalue weighted by molar-refractivity contribution is 0.594. The molecule has 0 saturated heterocycles. The Bertz CT molecular complexity index is 770. The topological polar surface area (TPSA) is 83.4 Å². The van der Waals surface area contributed by atoms with Crippen LogP contribution in [0.4, 0.5) is 0 Å². The van der Waals surface area contributed by atoms with E-state index in [1.807, 2.05) is 6.20 Å². The van der Waals surface area contributed by atoms with Gasteiger partial charge in [0.25, 0.3) is 0 Å². The average molecular weight is 367 g/mol. The number of rotatable bonds is 7. The van der Waals surface area contributed by atoms with Crippen molar-refractivity contribution in [2.45, 2.75) is 24.8 Å². The molecular formula is C16H22N4O2S2. The number of aliphatic imine (C=N–C) groups is 1. The summed E-state index contributed by atoms with van der Waals surface area (Å²) in [5.41, 5.74) is 0. The number of nitrogens with one attached hydrogen (secondary N) is 2. The molecule has 0 radical (unpaired) electrons. The van der Waals surface area contributed by atoms with Crippen LogP contribution < -0.4 is 10.6 Å². The van der Waals surface area contributed by atoms with Crippen LogP contribution in [0, 0.1) is 0 Å². The lowest BCUT2D eigenvalue weighted by Gasteiger charge is -2.11. The maximum atomic E-state index is 12.2. The van der Waals surface area contributed by atoms with Gasteiger partial charge in [-0.05, 0) is 18.6 Å². The molecule has 0 aliphatic carbocycles. The van der Waals surface area contributed by atoms with Gasteiger partial charge in [-0.15, -0.1) is 11.3 Å². The highest BCUT2D eigenvalue weighted by Gasteiger charge is 2.13. The molecule has 0 aliphatic heterocycles. The predicted molar refractivity (Wildman–Crippen MR) is 98.2 cm³/mol. The lowest BCUT2D eigenvalue weighted by atomic mass is 10.4. The standard InChI is InChI=1S/C16H22N4O2S2/c1-3-13-11-19-15(23-13)12-20-16(17-2)18-9-10-24(21,22)14-7-5-4-6-8-14/h4-8,11H,3,9-10,12H2,1-2H3,(H2,17,18,20). The first kappa shape index (κ1) is 18.4.